The van der Waals surface area contributed by atoms with Gasteiger partial charge in [0.2, 0.25) is 0 Å². The number of benzene rings is 3. The zero-order valence-electron chi connectivity index (χ0n) is 20.3. The van der Waals surface area contributed by atoms with Crippen LogP contribution < -0.4 is 11.1 Å². The monoisotopic (exact) mass is 491 g/mol. The van der Waals surface area contributed by atoms with E-state index in [0.29, 0.717) is 5.65 Å². The molecule has 5 rings (SSSR count). The van der Waals surface area contributed by atoms with Gasteiger partial charge in [0.15, 0.2) is 10.8 Å². The third kappa shape index (κ3) is 5.56. The average molecular weight is 492 g/mol. The Bertz CT molecular complexity index is 1450. The first kappa shape index (κ1) is 24.0. The summed E-state index contributed by atoms with van der Waals surface area (Å²) in [6.07, 6.45) is 5.87. The van der Waals surface area contributed by atoms with Crippen LogP contribution in [0, 0.1) is 0 Å². The Balaban J connectivity index is 1.32. The lowest BCUT2D eigenvalue weighted by molar-refractivity contribution is 0.650. The predicted molar refractivity (Wildman–Crippen MR) is 151 cm³/mol. The summed E-state index contributed by atoms with van der Waals surface area (Å²) in [5, 5.41) is 5.21. The van der Waals surface area contributed by atoms with E-state index < -0.39 is 0 Å². The summed E-state index contributed by atoms with van der Waals surface area (Å²) in [5.41, 5.74) is 14.3. The molecule has 6 heteroatoms. The van der Waals surface area contributed by atoms with E-state index in [1.54, 1.807) is 0 Å². The molecule has 0 amide bonds. The highest BCUT2D eigenvalue weighted by Gasteiger charge is 2.13. The van der Waals surface area contributed by atoms with E-state index in [1.165, 1.54) is 22.9 Å². The number of nitrogen functional groups attached to an aromatic ring is 1. The highest BCUT2D eigenvalue weighted by atomic mass is 32.2. The first-order valence-corrected chi connectivity index (χ1v) is 13.3. The van der Waals surface area contributed by atoms with Crippen LogP contribution >= 0.6 is 11.8 Å². The summed E-state index contributed by atoms with van der Waals surface area (Å²) < 4.78 is 0. The smallest absolute Gasteiger partial charge is 0.189 e. The van der Waals surface area contributed by atoms with Gasteiger partial charge in [0.05, 0.1) is 5.69 Å². The molecule has 0 radical (unpaired) electrons. The topological polar surface area (TPSA) is 76.7 Å². The van der Waals surface area contributed by atoms with Crippen molar-refractivity contribution in [3.63, 3.8) is 0 Å². The van der Waals surface area contributed by atoms with Gasteiger partial charge in [-0.15, -0.1) is 0 Å². The minimum absolute atomic E-state index is 0.717. The van der Waals surface area contributed by atoms with E-state index >= 15 is 0 Å². The second kappa shape index (κ2) is 11.3. The number of anilines is 1. The maximum absolute atomic E-state index is 6.05. The quantitative estimate of drug-likeness (QED) is 0.108. The third-order valence-electron chi connectivity index (χ3n) is 6.23. The first-order chi connectivity index (χ1) is 17.7. The Labute approximate surface area is 216 Å². The highest BCUT2D eigenvalue weighted by molar-refractivity contribution is 7.98. The molecule has 0 spiro atoms. The average Bonchev–Trinajstić information content (AvgIpc) is 2.93. The van der Waals surface area contributed by atoms with Gasteiger partial charge in [-0.3, -0.25) is 0 Å². The van der Waals surface area contributed by atoms with Crippen LogP contribution in [0.25, 0.3) is 33.4 Å². The summed E-state index contributed by atoms with van der Waals surface area (Å²) in [4.78, 5) is 14.1. The summed E-state index contributed by atoms with van der Waals surface area (Å²) in [7, 11) is 0. The fourth-order valence-electron chi connectivity index (χ4n) is 4.28. The van der Waals surface area contributed by atoms with Crippen molar-refractivity contribution in [3.05, 3.63) is 102 Å². The zero-order valence-corrected chi connectivity index (χ0v) is 21.1. The molecule has 0 aliphatic carbocycles. The van der Waals surface area contributed by atoms with E-state index in [1.807, 2.05) is 36.7 Å². The molecule has 180 valence electrons. The Morgan fingerprint density at radius 3 is 2.42 bits per heavy atom. The molecule has 0 unspecified atom stereocenters. The number of aromatic nitrogens is 3. The predicted octanol–water partition coefficient (Wildman–Crippen LogP) is 6.39. The molecule has 0 saturated carbocycles. The summed E-state index contributed by atoms with van der Waals surface area (Å²) in [6.45, 7) is 1.77. The molecular weight excluding hydrogens is 462 g/mol. The Hall–Kier alpha value is -3.74. The van der Waals surface area contributed by atoms with Gasteiger partial charge in [0.25, 0.3) is 0 Å². The SMILES string of the molecule is CSc1ncc2cc(-c3ccccc3)c(-c3ccc(CNCCCc4ccccc4N)cc3)nc2n1. The minimum Gasteiger partial charge on any atom is -0.399 e. The number of para-hydroxylation sites is 1. The molecule has 5 nitrogen and oxygen atoms in total. The number of nitrogens with two attached hydrogens (primary N) is 1. The first-order valence-electron chi connectivity index (χ1n) is 12.1. The molecule has 0 bridgehead atoms. The molecule has 3 aromatic carbocycles. The van der Waals surface area contributed by atoms with Crippen molar-refractivity contribution in [2.75, 3.05) is 18.5 Å². The van der Waals surface area contributed by atoms with Gasteiger partial charge < -0.3 is 11.1 Å². The van der Waals surface area contributed by atoms with Gasteiger partial charge in [0, 0.05) is 34.9 Å². The van der Waals surface area contributed by atoms with Crippen LogP contribution in [0.4, 0.5) is 5.69 Å². The highest BCUT2D eigenvalue weighted by Crippen LogP contribution is 2.33. The second-order valence-electron chi connectivity index (χ2n) is 8.70. The standard InChI is InChI=1S/C30H29N5S/c1-36-30-33-20-25-18-26(22-8-3-2-4-9-22)28(34-29(25)35-30)24-15-13-21(14-16-24)19-32-17-7-11-23-10-5-6-12-27(23)31/h2-6,8-10,12-16,18,20,32H,7,11,17,19,31H2,1H3. The number of thioether (sulfide) groups is 1. The van der Waals surface area contributed by atoms with Crippen LogP contribution in [0.15, 0.2) is 96.3 Å². The second-order valence-corrected chi connectivity index (χ2v) is 9.47. The normalized spacial score (nSPS) is 11.1. The molecule has 2 heterocycles. The maximum Gasteiger partial charge on any atom is 0.189 e. The van der Waals surface area contributed by atoms with Gasteiger partial charge in [-0.1, -0.05) is 84.6 Å². The van der Waals surface area contributed by atoms with E-state index in [-0.39, 0.29) is 0 Å². The van der Waals surface area contributed by atoms with Gasteiger partial charge in [-0.25, -0.2) is 15.0 Å². The maximum atomic E-state index is 6.05. The molecule has 0 atom stereocenters. The van der Waals surface area contributed by atoms with E-state index in [9.17, 15) is 0 Å². The van der Waals surface area contributed by atoms with Crippen molar-refractivity contribution in [1.82, 2.24) is 20.3 Å². The lowest BCUT2D eigenvalue weighted by atomic mass is 9.98. The van der Waals surface area contributed by atoms with Crippen LogP contribution in [0.5, 0.6) is 0 Å². The van der Waals surface area contributed by atoms with Crippen LogP contribution in [-0.4, -0.2) is 27.8 Å². The zero-order chi connectivity index (χ0) is 24.7. The van der Waals surface area contributed by atoms with Crippen molar-refractivity contribution >= 4 is 28.5 Å². The molecule has 36 heavy (non-hydrogen) atoms. The number of fused-ring (bicyclic) bond motifs is 1. The molecule has 5 aromatic rings. The lowest BCUT2D eigenvalue weighted by Gasteiger charge is -2.12. The van der Waals surface area contributed by atoms with Crippen LogP contribution in [0.3, 0.4) is 0 Å². The Kier molecular flexibility index (Phi) is 7.55. The molecule has 0 aliphatic heterocycles. The van der Waals surface area contributed by atoms with Crippen molar-refractivity contribution in [3.8, 4) is 22.4 Å². The van der Waals surface area contributed by atoms with Crippen molar-refractivity contribution < 1.29 is 0 Å². The number of pyridine rings is 1. The van der Waals surface area contributed by atoms with Gasteiger partial charge in [-0.2, -0.15) is 0 Å². The Morgan fingerprint density at radius 1 is 0.861 bits per heavy atom. The minimum atomic E-state index is 0.717. The van der Waals surface area contributed by atoms with Gasteiger partial charge >= 0.3 is 0 Å². The van der Waals surface area contributed by atoms with Gasteiger partial charge in [-0.05, 0) is 54.5 Å². The van der Waals surface area contributed by atoms with Crippen LogP contribution in [0.1, 0.15) is 17.5 Å². The number of nitrogens with one attached hydrogen (secondary N) is 1. The van der Waals surface area contributed by atoms with Gasteiger partial charge in [0.1, 0.15) is 0 Å². The molecule has 0 aliphatic rings. The molecule has 0 saturated heterocycles. The van der Waals surface area contributed by atoms with E-state index in [4.69, 9.17) is 10.7 Å². The summed E-state index contributed by atoms with van der Waals surface area (Å²) >= 11 is 1.52. The largest absolute Gasteiger partial charge is 0.399 e. The summed E-state index contributed by atoms with van der Waals surface area (Å²) in [5.74, 6) is 0. The Morgan fingerprint density at radius 2 is 1.64 bits per heavy atom. The number of aryl methyl sites for hydroxylation is 1. The number of rotatable bonds is 9. The van der Waals surface area contributed by atoms with Crippen molar-refractivity contribution in [2.45, 2.75) is 24.5 Å². The van der Waals surface area contributed by atoms with Crippen molar-refractivity contribution in [1.29, 1.82) is 0 Å². The number of hydrogen-bond acceptors (Lipinski definition) is 6. The number of nitrogens with zero attached hydrogens (tertiary/aromatic N) is 3. The summed E-state index contributed by atoms with van der Waals surface area (Å²) in [6, 6.07) is 29.3. The molecule has 0 fully saturated rings. The number of hydrogen-bond donors (Lipinski definition) is 2. The lowest BCUT2D eigenvalue weighted by Crippen LogP contribution is -2.15. The fourth-order valence-corrected chi connectivity index (χ4v) is 4.62. The third-order valence-corrected chi connectivity index (χ3v) is 6.79. The molecular formula is C30H29N5S. The molecule has 2 aromatic heterocycles. The van der Waals surface area contributed by atoms with Crippen LogP contribution in [-0.2, 0) is 13.0 Å². The van der Waals surface area contributed by atoms with Crippen LogP contribution in [0.2, 0.25) is 0 Å². The van der Waals surface area contributed by atoms with E-state index in [0.717, 1.165) is 64.5 Å². The molecule has 3 N–H and O–H groups in total. The van der Waals surface area contributed by atoms with Crippen molar-refractivity contribution in [2.24, 2.45) is 0 Å². The fraction of sp³-hybridized carbons (Fsp3) is 0.167. The van der Waals surface area contributed by atoms with E-state index in [2.05, 4.69) is 75.9 Å².